The Balaban J connectivity index is 1.10. The van der Waals surface area contributed by atoms with Gasteiger partial charge in [-0.25, -0.2) is 0 Å². The summed E-state index contributed by atoms with van der Waals surface area (Å²) in [5.41, 5.74) is 24.3. The molecule has 0 saturated heterocycles. The Hall–Kier alpha value is -7.22. The first-order chi connectivity index (χ1) is 30.0. The van der Waals surface area contributed by atoms with Gasteiger partial charge in [-0.2, -0.15) is 0 Å². The highest BCUT2D eigenvalue weighted by molar-refractivity contribution is 5.98. The minimum absolute atomic E-state index is 0.166. The van der Waals surface area contributed by atoms with Crippen LogP contribution in [0.25, 0.3) is 55.6 Å². The second-order valence-corrected chi connectivity index (χ2v) is 17.5. The van der Waals surface area contributed by atoms with Crippen LogP contribution in [0, 0.1) is 0 Å². The average molecular weight is 780 g/mol. The first-order valence-electron chi connectivity index (χ1n) is 21.7. The van der Waals surface area contributed by atoms with Gasteiger partial charge in [0.15, 0.2) is 0 Å². The van der Waals surface area contributed by atoms with E-state index >= 15 is 0 Å². The molecule has 12 rings (SSSR count). The van der Waals surface area contributed by atoms with Gasteiger partial charge in [0.05, 0.1) is 11.4 Å². The molecule has 0 aromatic heterocycles. The summed E-state index contributed by atoms with van der Waals surface area (Å²) in [6.45, 7) is 4.79. The number of hydrogen-bond donors (Lipinski definition) is 0. The summed E-state index contributed by atoms with van der Waals surface area (Å²) in [6.07, 6.45) is 2.13. The number of nitrogens with zero attached hydrogens (tertiary/aromatic N) is 1. The van der Waals surface area contributed by atoms with E-state index < -0.39 is 0 Å². The summed E-state index contributed by atoms with van der Waals surface area (Å²) in [6, 6.07) is 79.4. The fourth-order valence-corrected chi connectivity index (χ4v) is 11.4. The third-order valence-corrected chi connectivity index (χ3v) is 14.1. The molecule has 3 aliphatic carbocycles. The molecule has 0 bridgehead atoms. The van der Waals surface area contributed by atoms with Crippen LogP contribution in [0.3, 0.4) is 0 Å². The molecule has 0 heterocycles. The zero-order chi connectivity index (χ0) is 40.7. The van der Waals surface area contributed by atoms with Crippen LogP contribution in [-0.2, 0) is 17.3 Å². The number of rotatable bonds is 6. The molecule has 1 unspecified atom stereocenters. The number of para-hydroxylation sites is 2. The molecule has 9 aromatic rings. The van der Waals surface area contributed by atoms with Gasteiger partial charge in [0, 0.05) is 27.6 Å². The van der Waals surface area contributed by atoms with E-state index in [1.54, 1.807) is 0 Å². The predicted molar refractivity (Wildman–Crippen MR) is 255 cm³/mol. The molecule has 0 saturated carbocycles. The fraction of sp³-hybridized carbons (Fsp3) is 0.100. The number of benzene rings is 9. The SMILES string of the molecule is CC1(C)c2ccccc2-c2cccc(-c3ccccc3N(c3ccc4c(c3)C3(CCc5ccccc53)c3ccccc3-4)c3ccccc3-c3ccc(-c4ccccc4)cc3)c21. The van der Waals surface area contributed by atoms with Gasteiger partial charge in [0.2, 0.25) is 0 Å². The van der Waals surface area contributed by atoms with Crippen LogP contribution < -0.4 is 4.90 Å². The number of hydrogen-bond acceptors (Lipinski definition) is 1. The van der Waals surface area contributed by atoms with E-state index in [2.05, 4.69) is 231 Å². The molecule has 0 N–H and O–H groups in total. The van der Waals surface area contributed by atoms with Crippen molar-refractivity contribution < 1.29 is 0 Å². The summed E-state index contributed by atoms with van der Waals surface area (Å²) < 4.78 is 0. The van der Waals surface area contributed by atoms with Crippen LogP contribution in [0.15, 0.2) is 212 Å². The molecule has 1 atom stereocenters. The second kappa shape index (κ2) is 13.7. The smallest absolute Gasteiger partial charge is 0.0540 e. The fourth-order valence-electron chi connectivity index (χ4n) is 11.4. The molecule has 1 spiro atoms. The summed E-state index contributed by atoms with van der Waals surface area (Å²) >= 11 is 0. The Labute approximate surface area is 359 Å². The van der Waals surface area contributed by atoms with E-state index in [1.807, 2.05) is 0 Å². The van der Waals surface area contributed by atoms with Gasteiger partial charge in [-0.05, 0) is 115 Å². The Kier molecular flexibility index (Phi) is 7.99. The molecular weight excluding hydrogens is 735 g/mol. The summed E-state index contributed by atoms with van der Waals surface area (Å²) in [5, 5.41) is 0. The van der Waals surface area contributed by atoms with Gasteiger partial charge >= 0.3 is 0 Å². The van der Waals surface area contributed by atoms with E-state index in [9.17, 15) is 0 Å². The van der Waals surface area contributed by atoms with Crippen LogP contribution in [0.4, 0.5) is 17.1 Å². The lowest BCUT2D eigenvalue weighted by atomic mass is 9.73. The predicted octanol–water partition coefficient (Wildman–Crippen LogP) is 15.7. The average Bonchev–Trinajstić information content (AvgIpc) is 3.93. The lowest BCUT2D eigenvalue weighted by Gasteiger charge is -2.33. The monoisotopic (exact) mass is 779 g/mol. The van der Waals surface area contributed by atoms with Crippen molar-refractivity contribution in [2.45, 2.75) is 37.5 Å². The van der Waals surface area contributed by atoms with Crippen molar-refractivity contribution in [1.82, 2.24) is 0 Å². The van der Waals surface area contributed by atoms with Crippen molar-refractivity contribution in [1.29, 1.82) is 0 Å². The van der Waals surface area contributed by atoms with Crippen LogP contribution in [-0.4, -0.2) is 0 Å². The zero-order valence-electron chi connectivity index (χ0n) is 34.6. The number of fused-ring (bicyclic) bond motifs is 10. The summed E-state index contributed by atoms with van der Waals surface area (Å²) in [4.78, 5) is 2.56. The number of aryl methyl sites for hydroxylation is 1. The molecule has 0 amide bonds. The van der Waals surface area contributed by atoms with Crippen LogP contribution in [0.1, 0.15) is 53.6 Å². The maximum atomic E-state index is 2.56. The van der Waals surface area contributed by atoms with Crippen LogP contribution >= 0.6 is 0 Å². The normalized spacial score (nSPS) is 16.1. The quantitative estimate of drug-likeness (QED) is 0.162. The molecule has 290 valence electrons. The van der Waals surface area contributed by atoms with Crippen molar-refractivity contribution in [3.05, 3.63) is 246 Å². The minimum atomic E-state index is -0.202. The minimum Gasteiger partial charge on any atom is -0.309 e. The third kappa shape index (κ3) is 5.26. The van der Waals surface area contributed by atoms with Crippen molar-refractivity contribution in [3.63, 3.8) is 0 Å². The van der Waals surface area contributed by atoms with Gasteiger partial charge in [0.25, 0.3) is 0 Å². The maximum Gasteiger partial charge on any atom is 0.0540 e. The van der Waals surface area contributed by atoms with Crippen molar-refractivity contribution in [2.24, 2.45) is 0 Å². The maximum absolute atomic E-state index is 2.56. The van der Waals surface area contributed by atoms with Gasteiger partial charge in [0.1, 0.15) is 0 Å². The molecule has 0 radical (unpaired) electrons. The summed E-state index contributed by atoms with van der Waals surface area (Å²) in [7, 11) is 0. The molecule has 0 aliphatic heterocycles. The highest BCUT2D eigenvalue weighted by Crippen LogP contribution is 2.60. The molecule has 1 nitrogen and oxygen atoms in total. The Morgan fingerprint density at radius 1 is 0.361 bits per heavy atom. The van der Waals surface area contributed by atoms with E-state index in [4.69, 9.17) is 0 Å². The van der Waals surface area contributed by atoms with E-state index in [0.717, 1.165) is 29.9 Å². The number of anilines is 3. The zero-order valence-corrected chi connectivity index (χ0v) is 34.6. The second-order valence-electron chi connectivity index (χ2n) is 17.5. The first-order valence-corrected chi connectivity index (χ1v) is 21.7. The van der Waals surface area contributed by atoms with Crippen molar-refractivity contribution >= 4 is 17.1 Å². The standard InChI is InChI=1S/C60H45N/c1-59(2)53-27-12-7-22-47(53)50-24-16-25-51(58(50)59)49-23-10-15-30-57(49)61(56-29-14-9-20-45(56)42-33-31-41(32-34-42)40-17-4-3-5-18-40)44-35-36-48-46-21-8-13-28-54(46)60(55(48)39-44)38-37-43-19-6-11-26-52(43)60/h3-36,39H,37-38H2,1-2H3. The van der Waals surface area contributed by atoms with Crippen molar-refractivity contribution in [3.8, 4) is 55.6 Å². The van der Waals surface area contributed by atoms with Gasteiger partial charge < -0.3 is 4.90 Å². The lowest BCUT2D eigenvalue weighted by Crippen LogP contribution is -2.24. The van der Waals surface area contributed by atoms with Gasteiger partial charge in [-0.15, -0.1) is 0 Å². The lowest BCUT2D eigenvalue weighted by molar-refractivity contribution is 0.626. The van der Waals surface area contributed by atoms with Crippen LogP contribution in [0.2, 0.25) is 0 Å². The van der Waals surface area contributed by atoms with E-state index in [-0.39, 0.29) is 10.8 Å². The molecule has 61 heavy (non-hydrogen) atoms. The Morgan fingerprint density at radius 2 is 0.869 bits per heavy atom. The Morgan fingerprint density at radius 3 is 1.62 bits per heavy atom. The molecular formula is C60H45N. The Bertz CT molecular complexity index is 3170. The van der Waals surface area contributed by atoms with Gasteiger partial charge in [-0.1, -0.05) is 202 Å². The molecule has 0 fully saturated rings. The molecule has 1 heteroatoms. The van der Waals surface area contributed by atoms with E-state index in [1.165, 1.54) is 89.0 Å². The largest absolute Gasteiger partial charge is 0.309 e. The first kappa shape index (κ1) is 35.7. The third-order valence-electron chi connectivity index (χ3n) is 14.1. The molecule has 9 aromatic carbocycles. The topological polar surface area (TPSA) is 3.24 Å². The summed E-state index contributed by atoms with van der Waals surface area (Å²) in [5.74, 6) is 0. The highest BCUT2D eigenvalue weighted by Gasteiger charge is 2.48. The van der Waals surface area contributed by atoms with Crippen LogP contribution in [0.5, 0.6) is 0 Å². The van der Waals surface area contributed by atoms with Gasteiger partial charge in [-0.3, -0.25) is 0 Å². The molecule has 3 aliphatic rings. The van der Waals surface area contributed by atoms with Crippen molar-refractivity contribution in [2.75, 3.05) is 4.90 Å². The highest BCUT2D eigenvalue weighted by atomic mass is 15.1. The van der Waals surface area contributed by atoms with E-state index in [0.29, 0.717) is 0 Å².